The maximum atomic E-state index is 13.7. The van der Waals surface area contributed by atoms with Gasteiger partial charge in [-0.25, -0.2) is 9.59 Å². The lowest BCUT2D eigenvalue weighted by Gasteiger charge is -2.37. The number of benzene rings is 2. The number of rotatable bonds is 14. The average Bonchev–Trinajstić information content (AvgIpc) is 3.52. The van der Waals surface area contributed by atoms with Gasteiger partial charge in [0.1, 0.15) is 12.1 Å². The second-order valence-corrected chi connectivity index (χ2v) is 12.1. The lowest BCUT2D eigenvalue weighted by Crippen LogP contribution is -2.59. The highest BCUT2D eigenvalue weighted by Gasteiger charge is 2.35. The van der Waals surface area contributed by atoms with Crippen LogP contribution < -0.4 is 16.0 Å². The van der Waals surface area contributed by atoms with E-state index >= 15 is 0 Å². The fraction of sp³-hybridized carbons (Fsp3) is 0.438. The predicted octanol–water partition coefficient (Wildman–Crippen LogP) is 3.90. The van der Waals surface area contributed by atoms with Crippen molar-refractivity contribution in [2.75, 3.05) is 13.1 Å². The van der Waals surface area contributed by atoms with E-state index in [0.717, 1.165) is 22.4 Å². The SMILES string of the molecule is CC(C)[C@@H](C(=O)N[C@@H](Cc1ccccc1)C[C@H](O)[C@H](Cc1ccccc1)OC(=O)NCc1cncs1)N1CCCNC1=O. The minimum absolute atomic E-state index is 0.123. The lowest BCUT2D eigenvalue weighted by atomic mass is 9.94. The summed E-state index contributed by atoms with van der Waals surface area (Å²) < 4.78 is 5.78. The lowest BCUT2D eigenvalue weighted by molar-refractivity contribution is -0.128. The Labute approximate surface area is 256 Å². The maximum Gasteiger partial charge on any atom is 0.407 e. The molecule has 4 amide bonds. The van der Waals surface area contributed by atoms with Crippen LogP contribution in [-0.2, 0) is 28.9 Å². The number of carbonyl (C=O) groups excluding carboxylic acids is 3. The Morgan fingerprint density at radius 2 is 1.74 bits per heavy atom. The van der Waals surface area contributed by atoms with Crippen LogP contribution in [0.4, 0.5) is 9.59 Å². The highest BCUT2D eigenvalue weighted by atomic mass is 32.1. The third-order valence-electron chi connectivity index (χ3n) is 7.40. The van der Waals surface area contributed by atoms with E-state index in [1.165, 1.54) is 11.3 Å². The van der Waals surface area contributed by atoms with Crippen molar-refractivity contribution in [2.24, 2.45) is 5.92 Å². The van der Waals surface area contributed by atoms with Crippen molar-refractivity contribution >= 4 is 29.4 Å². The van der Waals surface area contributed by atoms with E-state index in [-0.39, 0.29) is 30.8 Å². The molecule has 10 nitrogen and oxygen atoms in total. The Kier molecular flexibility index (Phi) is 11.9. The molecule has 0 spiro atoms. The molecule has 1 aromatic heterocycles. The van der Waals surface area contributed by atoms with Crippen LogP contribution in [-0.4, -0.2) is 70.4 Å². The molecule has 1 aliphatic rings. The summed E-state index contributed by atoms with van der Waals surface area (Å²) in [4.78, 5) is 45.7. The number of hydrogen-bond donors (Lipinski definition) is 4. The van der Waals surface area contributed by atoms with E-state index in [4.69, 9.17) is 4.74 Å². The first-order valence-corrected chi connectivity index (χ1v) is 15.6. The smallest absolute Gasteiger partial charge is 0.407 e. The third kappa shape index (κ3) is 9.79. The summed E-state index contributed by atoms with van der Waals surface area (Å²) in [6.07, 6.45) is 0.728. The molecule has 1 aliphatic heterocycles. The van der Waals surface area contributed by atoms with Crippen molar-refractivity contribution in [3.63, 3.8) is 0 Å². The van der Waals surface area contributed by atoms with Crippen LogP contribution in [0.15, 0.2) is 72.4 Å². The summed E-state index contributed by atoms with van der Waals surface area (Å²) >= 11 is 1.42. The van der Waals surface area contributed by atoms with Gasteiger partial charge in [-0.05, 0) is 36.3 Å². The third-order valence-corrected chi connectivity index (χ3v) is 8.18. The van der Waals surface area contributed by atoms with E-state index in [2.05, 4.69) is 20.9 Å². The fourth-order valence-electron chi connectivity index (χ4n) is 5.31. The molecule has 4 rings (SSSR count). The quantitative estimate of drug-likeness (QED) is 0.220. The number of aliphatic hydroxyl groups is 1. The summed E-state index contributed by atoms with van der Waals surface area (Å²) in [5.41, 5.74) is 3.58. The fourth-order valence-corrected chi connectivity index (χ4v) is 5.84. The molecule has 0 radical (unpaired) electrons. The largest absolute Gasteiger partial charge is 0.443 e. The van der Waals surface area contributed by atoms with Crippen LogP contribution in [0.1, 0.15) is 42.7 Å². The van der Waals surface area contributed by atoms with Crippen molar-refractivity contribution in [3.8, 4) is 0 Å². The normalized spacial score (nSPS) is 16.1. The molecule has 230 valence electrons. The Bertz CT molecular complexity index is 1290. The molecular weight excluding hydrogens is 566 g/mol. The van der Waals surface area contributed by atoms with Crippen LogP contribution >= 0.6 is 11.3 Å². The minimum Gasteiger partial charge on any atom is -0.443 e. The van der Waals surface area contributed by atoms with Crippen molar-refractivity contribution in [1.82, 2.24) is 25.8 Å². The highest BCUT2D eigenvalue weighted by Crippen LogP contribution is 2.19. The van der Waals surface area contributed by atoms with Gasteiger partial charge in [0.2, 0.25) is 5.91 Å². The molecule has 0 saturated carbocycles. The van der Waals surface area contributed by atoms with Gasteiger partial charge in [-0.2, -0.15) is 0 Å². The number of carbonyl (C=O) groups is 3. The number of aromatic nitrogens is 1. The number of thiazole rings is 1. The summed E-state index contributed by atoms with van der Waals surface area (Å²) in [6.45, 7) is 5.19. The topological polar surface area (TPSA) is 133 Å². The van der Waals surface area contributed by atoms with E-state index < -0.39 is 30.4 Å². The highest BCUT2D eigenvalue weighted by molar-refractivity contribution is 7.09. The van der Waals surface area contributed by atoms with Gasteiger partial charge in [0.25, 0.3) is 0 Å². The Hall–Kier alpha value is -3.96. The van der Waals surface area contributed by atoms with Crippen LogP contribution in [0.5, 0.6) is 0 Å². The zero-order valence-electron chi connectivity index (χ0n) is 24.6. The van der Waals surface area contributed by atoms with Gasteiger partial charge in [0.05, 0.1) is 18.2 Å². The number of hydrogen-bond acceptors (Lipinski definition) is 7. The zero-order chi connectivity index (χ0) is 30.6. The van der Waals surface area contributed by atoms with E-state index in [1.54, 1.807) is 16.6 Å². The molecule has 3 aromatic rings. The zero-order valence-corrected chi connectivity index (χ0v) is 25.5. The van der Waals surface area contributed by atoms with E-state index in [0.29, 0.717) is 25.9 Å². The van der Waals surface area contributed by atoms with Gasteiger partial charge in [-0.3, -0.25) is 9.78 Å². The van der Waals surface area contributed by atoms with Crippen LogP contribution in [0, 0.1) is 5.92 Å². The van der Waals surface area contributed by atoms with Crippen molar-refractivity contribution in [3.05, 3.63) is 88.4 Å². The number of urea groups is 1. The maximum absolute atomic E-state index is 13.7. The van der Waals surface area contributed by atoms with E-state index in [1.807, 2.05) is 74.5 Å². The molecule has 0 aliphatic carbocycles. The van der Waals surface area contributed by atoms with Crippen LogP contribution in [0.3, 0.4) is 0 Å². The molecule has 0 unspecified atom stereocenters. The Morgan fingerprint density at radius 1 is 1.07 bits per heavy atom. The Balaban J connectivity index is 1.51. The van der Waals surface area contributed by atoms with Gasteiger partial charge >= 0.3 is 12.1 Å². The molecule has 4 N–H and O–H groups in total. The molecule has 1 saturated heterocycles. The standard InChI is InChI=1S/C32H41N5O5S/c1-22(2)29(37-15-9-14-34-31(37)40)30(39)36-25(16-23-10-5-3-6-11-23)18-27(38)28(17-24-12-7-4-8-13-24)42-32(41)35-20-26-19-33-21-43-26/h3-8,10-13,19,21-22,25,27-29,38H,9,14-18,20H2,1-2H3,(H,34,40)(H,35,41)(H,36,39)/t25-,27-,28-,29-/m0/s1. The van der Waals surface area contributed by atoms with Crippen molar-refractivity contribution < 1.29 is 24.2 Å². The van der Waals surface area contributed by atoms with E-state index in [9.17, 15) is 19.5 Å². The van der Waals surface area contributed by atoms with Crippen molar-refractivity contribution in [2.45, 2.75) is 70.4 Å². The first-order valence-electron chi connectivity index (χ1n) is 14.7. The van der Waals surface area contributed by atoms with Gasteiger partial charge < -0.3 is 30.7 Å². The molecule has 2 aromatic carbocycles. The summed E-state index contributed by atoms with van der Waals surface area (Å²) in [6, 6.07) is 17.8. The first-order chi connectivity index (χ1) is 20.8. The number of aliphatic hydroxyl groups excluding tert-OH is 1. The minimum atomic E-state index is -1.08. The number of nitrogens with zero attached hydrogens (tertiary/aromatic N) is 2. The van der Waals surface area contributed by atoms with Crippen molar-refractivity contribution in [1.29, 1.82) is 0 Å². The molecule has 4 atom stereocenters. The molecule has 2 heterocycles. The number of ether oxygens (including phenoxy) is 1. The molecular formula is C32H41N5O5S. The van der Waals surface area contributed by atoms with Gasteiger partial charge in [-0.15, -0.1) is 11.3 Å². The molecule has 0 bridgehead atoms. The summed E-state index contributed by atoms with van der Waals surface area (Å²) in [5.74, 6) is -0.398. The molecule has 1 fully saturated rings. The number of nitrogens with one attached hydrogen (secondary N) is 3. The van der Waals surface area contributed by atoms with Crippen LogP contribution in [0.2, 0.25) is 0 Å². The summed E-state index contributed by atoms with van der Waals surface area (Å²) in [5, 5.41) is 20.2. The molecule has 11 heteroatoms. The van der Waals surface area contributed by atoms with Crippen LogP contribution in [0.25, 0.3) is 0 Å². The number of amides is 4. The Morgan fingerprint density at radius 3 is 2.35 bits per heavy atom. The van der Waals surface area contributed by atoms with Gasteiger partial charge in [-0.1, -0.05) is 74.5 Å². The first kappa shape index (κ1) is 32.0. The second kappa shape index (κ2) is 16.0. The predicted molar refractivity (Wildman–Crippen MR) is 165 cm³/mol. The second-order valence-electron chi connectivity index (χ2n) is 11.1. The van der Waals surface area contributed by atoms with Gasteiger partial charge in [0, 0.05) is 36.6 Å². The summed E-state index contributed by atoms with van der Waals surface area (Å²) in [7, 11) is 0. The molecule has 43 heavy (non-hydrogen) atoms. The average molecular weight is 608 g/mol. The number of alkyl carbamates (subject to hydrolysis) is 1. The monoisotopic (exact) mass is 607 g/mol. The van der Waals surface area contributed by atoms with Gasteiger partial charge in [0.15, 0.2) is 0 Å².